The fraction of sp³-hybridized carbons (Fsp3) is 0.467. The number of carbonyl (C=O) groups is 2. The summed E-state index contributed by atoms with van der Waals surface area (Å²) in [7, 11) is 0. The van der Waals surface area contributed by atoms with Gasteiger partial charge in [-0.2, -0.15) is 0 Å². The highest BCUT2D eigenvalue weighted by Gasteiger charge is 2.21. The second-order valence-corrected chi connectivity index (χ2v) is 5.83. The summed E-state index contributed by atoms with van der Waals surface area (Å²) >= 11 is 5.89. The predicted octanol–water partition coefficient (Wildman–Crippen LogP) is 3.69. The van der Waals surface area contributed by atoms with E-state index in [2.05, 4.69) is 12.2 Å². The highest BCUT2D eigenvalue weighted by atomic mass is 35.5. The first-order valence-electron chi connectivity index (χ1n) is 7.06. The molecule has 0 spiro atoms. The minimum Gasteiger partial charge on any atom is -0.478 e. The maximum Gasteiger partial charge on any atom is 0.339 e. The molecule has 0 aliphatic carbocycles. The van der Waals surface area contributed by atoms with E-state index >= 15 is 0 Å². The minimum atomic E-state index is -1.15. The number of nitrogens with zero attached hydrogens (tertiary/aromatic N) is 1. The second kappa shape index (κ2) is 6.80. The number of aromatic carboxylic acids is 1. The number of carboxylic acids is 1. The van der Waals surface area contributed by atoms with Crippen LogP contribution in [0.1, 0.15) is 36.5 Å². The molecule has 0 aromatic heterocycles. The molecule has 6 heteroatoms. The zero-order valence-electron chi connectivity index (χ0n) is 11.9. The highest BCUT2D eigenvalue weighted by Crippen LogP contribution is 2.25. The zero-order valence-corrected chi connectivity index (χ0v) is 12.7. The lowest BCUT2D eigenvalue weighted by Gasteiger charge is -2.21. The summed E-state index contributed by atoms with van der Waals surface area (Å²) in [5, 5.41) is 12.0. The van der Waals surface area contributed by atoms with E-state index in [1.807, 2.05) is 0 Å². The lowest BCUT2D eigenvalue weighted by molar-refractivity contribution is 0.0698. The third kappa shape index (κ3) is 3.88. The Morgan fingerprint density at radius 2 is 2.10 bits per heavy atom. The number of amides is 2. The summed E-state index contributed by atoms with van der Waals surface area (Å²) in [5.74, 6) is -0.538. The SMILES string of the molecule is CC1CCCN(C(=O)Nc2cccc(Cl)c2C(=O)O)CC1. The van der Waals surface area contributed by atoms with Crippen LogP contribution in [-0.2, 0) is 0 Å². The maximum absolute atomic E-state index is 12.3. The smallest absolute Gasteiger partial charge is 0.339 e. The van der Waals surface area contributed by atoms with Crippen molar-refractivity contribution in [3.63, 3.8) is 0 Å². The molecular formula is C15H19ClN2O3. The molecule has 1 aromatic rings. The molecule has 2 amide bonds. The molecule has 1 heterocycles. The van der Waals surface area contributed by atoms with Crippen molar-refractivity contribution in [2.75, 3.05) is 18.4 Å². The largest absolute Gasteiger partial charge is 0.478 e. The van der Waals surface area contributed by atoms with Gasteiger partial charge in [0.05, 0.1) is 10.7 Å². The topological polar surface area (TPSA) is 69.6 Å². The van der Waals surface area contributed by atoms with Gasteiger partial charge in [-0.05, 0) is 37.3 Å². The van der Waals surface area contributed by atoms with Crippen molar-refractivity contribution in [3.05, 3.63) is 28.8 Å². The molecule has 1 aliphatic heterocycles. The van der Waals surface area contributed by atoms with E-state index < -0.39 is 5.97 Å². The molecule has 1 atom stereocenters. The monoisotopic (exact) mass is 310 g/mol. The van der Waals surface area contributed by atoms with Gasteiger partial charge >= 0.3 is 12.0 Å². The Morgan fingerprint density at radius 3 is 2.81 bits per heavy atom. The number of nitrogens with one attached hydrogen (secondary N) is 1. The van der Waals surface area contributed by atoms with Gasteiger partial charge in [-0.15, -0.1) is 0 Å². The number of hydrogen-bond acceptors (Lipinski definition) is 2. The van der Waals surface area contributed by atoms with Crippen LogP contribution in [-0.4, -0.2) is 35.1 Å². The number of likely N-dealkylation sites (tertiary alicyclic amines) is 1. The van der Waals surface area contributed by atoms with E-state index in [-0.39, 0.29) is 22.3 Å². The molecule has 1 saturated heterocycles. The van der Waals surface area contributed by atoms with Crippen LogP contribution >= 0.6 is 11.6 Å². The van der Waals surface area contributed by atoms with Crippen LogP contribution in [0.3, 0.4) is 0 Å². The van der Waals surface area contributed by atoms with Crippen molar-refractivity contribution in [1.29, 1.82) is 0 Å². The van der Waals surface area contributed by atoms with Gasteiger partial charge in [0, 0.05) is 13.1 Å². The van der Waals surface area contributed by atoms with Crippen LogP contribution in [0.2, 0.25) is 5.02 Å². The Hall–Kier alpha value is -1.75. The third-order valence-corrected chi connectivity index (χ3v) is 4.09. The summed E-state index contributed by atoms with van der Waals surface area (Å²) in [6.45, 7) is 3.57. The molecule has 21 heavy (non-hydrogen) atoms. The van der Waals surface area contributed by atoms with Crippen molar-refractivity contribution in [2.24, 2.45) is 5.92 Å². The molecule has 0 bridgehead atoms. The van der Waals surface area contributed by atoms with Gasteiger partial charge in [0.1, 0.15) is 5.56 Å². The van der Waals surface area contributed by atoms with Gasteiger partial charge in [0.2, 0.25) is 0 Å². The molecule has 114 valence electrons. The van der Waals surface area contributed by atoms with E-state index in [1.165, 1.54) is 6.07 Å². The molecule has 1 aromatic carbocycles. The van der Waals surface area contributed by atoms with Crippen LogP contribution in [0.5, 0.6) is 0 Å². The minimum absolute atomic E-state index is 0.0734. The van der Waals surface area contributed by atoms with Crippen molar-refractivity contribution in [3.8, 4) is 0 Å². The molecule has 2 N–H and O–H groups in total. The first-order valence-corrected chi connectivity index (χ1v) is 7.44. The van der Waals surface area contributed by atoms with Gasteiger partial charge in [0.25, 0.3) is 0 Å². The molecule has 2 rings (SSSR count). The number of carboxylic acid groups (broad SMARTS) is 1. The van der Waals surface area contributed by atoms with Crippen LogP contribution < -0.4 is 5.32 Å². The Bertz CT molecular complexity index is 548. The first-order chi connectivity index (χ1) is 9.99. The fourth-order valence-corrected chi connectivity index (χ4v) is 2.76. The van der Waals surface area contributed by atoms with Crippen LogP contribution in [0.4, 0.5) is 10.5 Å². The van der Waals surface area contributed by atoms with E-state index in [9.17, 15) is 14.7 Å². The van der Waals surface area contributed by atoms with Gasteiger partial charge < -0.3 is 15.3 Å². The number of halogens is 1. The molecule has 1 fully saturated rings. The van der Waals surface area contributed by atoms with Crippen LogP contribution in [0, 0.1) is 5.92 Å². The van der Waals surface area contributed by atoms with Crippen LogP contribution in [0.25, 0.3) is 0 Å². The molecule has 1 unspecified atom stereocenters. The van der Waals surface area contributed by atoms with Gasteiger partial charge in [-0.1, -0.05) is 24.6 Å². The van der Waals surface area contributed by atoms with E-state index in [1.54, 1.807) is 17.0 Å². The number of urea groups is 1. The van der Waals surface area contributed by atoms with Gasteiger partial charge in [-0.25, -0.2) is 9.59 Å². The Labute approximate surface area is 128 Å². The van der Waals surface area contributed by atoms with Crippen molar-refractivity contribution in [1.82, 2.24) is 4.90 Å². The summed E-state index contributed by atoms with van der Waals surface area (Å²) in [4.78, 5) is 25.3. The second-order valence-electron chi connectivity index (χ2n) is 5.42. The van der Waals surface area contributed by atoms with Crippen molar-refractivity contribution < 1.29 is 14.7 Å². The van der Waals surface area contributed by atoms with Crippen molar-refractivity contribution in [2.45, 2.75) is 26.2 Å². The normalized spacial score (nSPS) is 19.0. The lowest BCUT2D eigenvalue weighted by atomic mass is 10.0. The third-order valence-electron chi connectivity index (χ3n) is 3.77. The predicted molar refractivity (Wildman–Crippen MR) is 82.0 cm³/mol. The van der Waals surface area contributed by atoms with Gasteiger partial charge in [-0.3, -0.25) is 0 Å². The number of benzene rings is 1. The molecular weight excluding hydrogens is 292 g/mol. The zero-order chi connectivity index (χ0) is 15.4. The highest BCUT2D eigenvalue weighted by molar-refractivity contribution is 6.34. The van der Waals surface area contributed by atoms with E-state index in [4.69, 9.17) is 11.6 Å². The van der Waals surface area contributed by atoms with Crippen LogP contribution in [0.15, 0.2) is 18.2 Å². The standard InChI is InChI=1S/C15H19ClN2O3/c1-10-4-3-8-18(9-7-10)15(21)17-12-6-2-5-11(16)13(12)14(19)20/h2,5-6,10H,3-4,7-9H2,1H3,(H,17,21)(H,19,20). The number of rotatable bonds is 2. The molecule has 1 aliphatic rings. The van der Waals surface area contributed by atoms with Crippen molar-refractivity contribution >= 4 is 29.3 Å². The Balaban J connectivity index is 2.12. The Morgan fingerprint density at radius 1 is 1.33 bits per heavy atom. The van der Waals surface area contributed by atoms with E-state index in [0.29, 0.717) is 19.0 Å². The summed E-state index contributed by atoms with van der Waals surface area (Å²) in [6, 6.07) is 4.39. The van der Waals surface area contributed by atoms with E-state index in [0.717, 1.165) is 19.3 Å². The number of carbonyl (C=O) groups excluding carboxylic acids is 1. The summed E-state index contributed by atoms with van der Waals surface area (Å²) in [5.41, 5.74) is 0.160. The summed E-state index contributed by atoms with van der Waals surface area (Å²) < 4.78 is 0. The Kier molecular flexibility index (Phi) is 5.07. The first kappa shape index (κ1) is 15.6. The number of anilines is 1. The lowest BCUT2D eigenvalue weighted by Crippen LogP contribution is -2.36. The molecule has 5 nitrogen and oxygen atoms in total. The molecule has 0 radical (unpaired) electrons. The fourth-order valence-electron chi connectivity index (χ4n) is 2.51. The average Bonchev–Trinajstić information content (AvgIpc) is 2.63. The van der Waals surface area contributed by atoms with Gasteiger partial charge in [0.15, 0.2) is 0 Å². The quantitative estimate of drug-likeness (QED) is 0.875. The maximum atomic E-state index is 12.3. The summed E-state index contributed by atoms with van der Waals surface area (Å²) in [6.07, 6.45) is 3.05. The number of hydrogen-bond donors (Lipinski definition) is 2. The average molecular weight is 311 g/mol. The molecule has 0 saturated carbocycles.